The number of rotatable bonds is 7. The maximum absolute atomic E-state index is 3.78. The van der Waals surface area contributed by atoms with Gasteiger partial charge in [-0.1, -0.05) is 63.3 Å². The number of hydrogen-bond acceptors (Lipinski definition) is 0. The van der Waals surface area contributed by atoms with E-state index in [4.69, 9.17) is 0 Å². The van der Waals surface area contributed by atoms with Crippen LogP contribution >= 0.6 is 15.9 Å². The Morgan fingerprint density at radius 3 is 2.67 bits per heavy atom. The number of halogens is 1. The Morgan fingerprint density at radius 2 is 1.83 bits per heavy atom. The van der Waals surface area contributed by atoms with E-state index in [9.17, 15) is 0 Å². The summed E-state index contributed by atoms with van der Waals surface area (Å²) < 4.78 is 1.34. The van der Waals surface area contributed by atoms with Gasteiger partial charge < -0.3 is 0 Å². The fourth-order valence-electron chi connectivity index (χ4n) is 2.63. The second kappa shape index (κ2) is 7.13. The lowest BCUT2D eigenvalue weighted by molar-refractivity contribution is 0.607. The molecule has 1 heteroatoms. The first-order valence-corrected chi connectivity index (χ1v) is 8.09. The Bertz CT molecular complexity index is 418. The summed E-state index contributed by atoms with van der Waals surface area (Å²) in [6.07, 6.45) is 15.1. The Morgan fingerprint density at radius 1 is 1.06 bits per heavy atom. The minimum atomic E-state index is 1.10. The van der Waals surface area contributed by atoms with Crippen molar-refractivity contribution in [2.45, 2.75) is 58.3 Å². The first-order valence-electron chi connectivity index (χ1n) is 7.29. The number of allylic oxidation sites excluding steroid dienone is 1. The maximum Gasteiger partial charge on any atom is 0.0282 e. The normalized spacial score (nSPS) is 13.0. The van der Waals surface area contributed by atoms with Crippen LogP contribution in [0.25, 0.3) is 6.08 Å². The van der Waals surface area contributed by atoms with Gasteiger partial charge in [-0.2, -0.15) is 0 Å². The summed E-state index contributed by atoms with van der Waals surface area (Å²) in [4.78, 5) is 0. The smallest absolute Gasteiger partial charge is 0.0282 e. The van der Waals surface area contributed by atoms with E-state index in [0.29, 0.717) is 0 Å². The van der Waals surface area contributed by atoms with E-state index in [0.717, 1.165) is 6.42 Å². The van der Waals surface area contributed by atoms with Crippen LogP contribution in [0.2, 0.25) is 0 Å². The first-order chi connectivity index (χ1) is 8.83. The molecule has 0 unspecified atom stereocenters. The van der Waals surface area contributed by atoms with Crippen molar-refractivity contribution in [1.82, 2.24) is 0 Å². The van der Waals surface area contributed by atoms with E-state index in [1.54, 1.807) is 0 Å². The van der Waals surface area contributed by atoms with Crippen molar-refractivity contribution >= 4 is 22.0 Å². The van der Waals surface area contributed by atoms with Gasteiger partial charge in [-0.25, -0.2) is 0 Å². The number of aryl methyl sites for hydroxylation is 1. The highest BCUT2D eigenvalue weighted by Crippen LogP contribution is 2.31. The number of fused-ring (bicyclic) bond motifs is 1. The molecule has 0 saturated heterocycles. The zero-order valence-corrected chi connectivity index (χ0v) is 12.9. The molecular formula is C17H23Br. The van der Waals surface area contributed by atoms with E-state index in [-0.39, 0.29) is 0 Å². The fraction of sp³-hybridized carbons (Fsp3) is 0.529. The molecule has 0 amide bonds. The standard InChI is InChI=1S/C17H23Br/c1-2-3-4-5-6-7-9-15-13-12-14-10-8-11-16(14)17(15)18/h8,11-13H,2-7,9-10H2,1H3. The molecule has 0 aliphatic heterocycles. The summed E-state index contributed by atoms with van der Waals surface area (Å²) in [5.41, 5.74) is 4.36. The minimum Gasteiger partial charge on any atom is -0.0795 e. The molecule has 0 nitrogen and oxygen atoms in total. The van der Waals surface area contributed by atoms with E-state index in [2.05, 4.69) is 47.1 Å². The van der Waals surface area contributed by atoms with Crippen LogP contribution < -0.4 is 0 Å². The third-order valence-electron chi connectivity index (χ3n) is 3.77. The molecule has 0 radical (unpaired) electrons. The number of unbranched alkanes of at least 4 members (excludes halogenated alkanes) is 5. The van der Waals surface area contributed by atoms with Gasteiger partial charge in [0.05, 0.1) is 0 Å². The molecule has 0 fully saturated rings. The summed E-state index contributed by atoms with van der Waals surface area (Å²) >= 11 is 3.78. The predicted molar refractivity (Wildman–Crippen MR) is 84.0 cm³/mol. The van der Waals surface area contributed by atoms with Gasteiger partial charge in [0.25, 0.3) is 0 Å². The van der Waals surface area contributed by atoms with Crippen LogP contribution in [-0.2, 0) is 12.8 Å². The van der Waals surface area contributed by atoms with Gasteiger partial charge >= 0.3 is 0 Å². The molecule has 1 aromatic rings. The third-order valence-corrected chi connectivity index (χ3v) is 4.71. The quantitative estimate of drug-likeness (QED) is 0.548. The highest BCUT2D eigenvalue weighted by molar-refractivity contribution is 9.10. The molecule has 0 spiro atoms. The lowest BCUT2D eigenvalue weighted by Gasteiger charge is -2.09. The Labute approximate surface area is 120 Å². The van der Waals surface area contributed by atoms with Crippen LogP contribution in [0.5, 0.6) is 0 Å². The van der Waals surface area contributed by atoms with Crippen LogP contribution in [0.3, 0.4) is 0 Å². The van der Waals surface area contributed by atoms with Gasteiger partial charge in [0.2, 0.25) is 0 Å². The number of benzene rings is 1. The van der Waals surface area contributed by atoms with E-state index >= 15 is 0 Å². The van der Waals surface area contributed by atoms with Crippen LogP contribution in [0, 0.1) is 0 Å². The monoisotopic (exact) mass is 306 g/mol. The SMILES string of the molecule is CCCCCCCCc1ccc2c(c1Br)C=CC2. The van der Waals surface area contributed by atoms with Crippen LogP contribution in [-0.4, -0.2) is 0 Å². The van der Waals surface area contributed by atoms with Gasteiger partial charge in [-0.3, -0.25) is 0 Å². The summed E-state index contributed by atoms with van der Waals surface area (Å²) in [6.45, 7) is 2.27. The third kappa shape index (κ3) is 3.47. The average Bonchev–Trinajstić information content (AvgIpc) is 2.85. The van der Waals surface area contributed by atoms with Crippen LogP contribution in [0.15, 0.2) is 22.7 Å². The summed E-state index contributed by atoms with van der Waals surface area (Å²) in [5.74, 6) is 0. The molecule has 98 valence electrons. The van der Waals surface area contributed by atoms with Crippen molar-refractivity contribution in [2.75, 3.05) is 0 Å². The molecule has 1 aromatic carbocycles. The van der Waals surface area contributed by atoms with E-state index in [1.807, 2.05) is 0 Å². The van der Waals surface area contributed by atoms with Gasteiger partial charge in [0.15, 0.2) is 0 Å². The zero-order chi connectivity index (χ0) is 12.8. The van der Waals surface area contributed by atoms with Gasteiger partial charge in [0, 0.05) is 4.47 Å². The summed E-state index contributed by atoms with van der Waals surface area (Å²) in [6, 6.07) is 4.61. The van der Waals surface area contributed by atoms with Gasteiger partial charge in [-0.15, -0.1) is 0 Å². The second-order valence-corrected chi connectivity index (χ2v) is 6.03. The molecule has 2 rings (SSSR count). The minimum absolute atomic E-state index is 1.10. The fourth-order valence-corrected chi connectivity index (χ4v) is 3.35. The van der Waals surface area contributed by atoms with Crippen molar-refractivity contribution in [2.24, 2.45) is 0 Å². The average molecular weight is 307 g/mol. The highest BCUT2D eigenvalue weighted by atomic mass is 79.9. The van der Waals surface area contributed by atoms with Crippen LogP contribution in [0.1, 0.15) is 62.1 Å². The van der Waals surface area contributed by atoms with Crippen molar-refractivity contribution in [3.05, 3.63) is 39.4 Å². The van der Waals surface area contributed by atoms with E-state index < -0.39 is 0 Å². The molecule has 0 saturated carbocycles. The lowest BCUT2D eigenvalue weighted by atomic mass is 10.0. The van der Waals surface area contributed by atoms with Crippen molar-refractivity contribution in [3.8, 4) is 0 Å². The van der Waals surface area contributed by atoms with Crippen LogP contribution in [0.4, 0.5) is 0 Å². The van der Waals surface area contributed by atoms with E-state index in [1.165, 1.54) is 66.1 Å². The Balaban J connectivity index is 1.81. The molecule has 18 heavy (non-hydrogen) atoms. The molecular weight excluding hydrogens is 284 g/mol. The predicted octanol–water partition coefficient (Wildman–Crippen LogP) is 5.92. The summed E-state index contributed by atoms with van der Waals surface area (Å²) in [7, 11) is 0. The molecule has 1 aliphatic carbocycles. The molecule has 0 atom stereocenters. The first kappa shape index (κ1) is 13.9. The van der Waals surface area contributed by atoms with Gasteiger partial charge in [-0.05, 0) is 51.9 Å². The highest BCUT2D eigenvalue weighted by Gasteiger charge is 2.11. The largest absolute Gasteiger partial charge is 0.0795 e. The topological polar surface area (TPSA) is 0 Å². The van der Waals surface area contributed by atoms with Crippen molar-refractivity contribution < 1.29 is 0 Å². The molecule has 0 aromatic heterocycles. The van der Waals surface area contributed by atoms with Crippen molar-refractivity contribution in [1.29, 1.82) is 0 Å². The summed E-state index contributed by atoms with van der Waals surface area (Å²) in [5, 5.41) is 0. The Kier molecular flexibility index (Phi) is 5.49. The molecule has 1 aliphatic rings. The molecule has 0 bridgehead atoms. The second-order valence-electron chi connectivity index (χ2n) is 5.24. The molecule has 0 heterocycles. The Hall–Kier alpha value is -0.560. The molecule has 0 N–H and O–H groups in total. The van der Waals surface area contributed by atoms with Gasteiger partial charge in [0.1, 0.15) is 0 Å². The maximum atomic E-state index is 3.78. The van der Waals surface area contributed by atoms with Crippen molar-refractivity contribution in [3.63, 3.8) is 0 Å². The zero-order valence-electron chi connectivity index (χ0n) is 11.3. The number of hydrogen-bond donors (Lipinski definition) is 0. The lowest BCUT2D eigenvalue weighted by Crippen LogP contribution is -1.92.